The Morgan fingerprint density at radius 2 is 2.06 bits per heavy atom. The molecule has 0 atom stereocenters. The van der Waals surface area contributed by atoms with E-state index in [2.05, 4.69) is 11.9 Å². The van der Waals surface area contributed by atoms with Crippen molar-refractivity contribution in [1.29, 1.82) is 0 Å². The van der Waals surface area contributed by atoms with Crippen molar-refractivity contribution in [2.75, 3.05) is 7.05 Å². The van der Waals surface area contributed by atoms with Crippen molar-refractivity contribution in [1.82, 2.24) is 4.90 Å². The molecular formula is C14H17ClN2O. The van der Waals surface area contributed by atoms with Gasteiger partial charge in [-0.2, -0.15) is 0 Å². The first-order chi connectivity index (χ1) is 8.69. The second-order valence-electron chi connectivity index (χ2n) is 4.43. The molecule has 0 bridgehead atoms. The molecule has 2 rings (SSSR count). The van der Waals surface area contributed by atoms with E-state index < -0.39 is 0 Å². The molecule has 0 aliphatic heterocycles. The summed E-state index contributed by atoms with van der Waals surface area (Å²) in [6, 6.07) is 7.96. The van der Waals surface area contributed by atoms with Crippen LogP contribution in [-0.2, 0) is 19.6 Å². The molecule has 0 saturated carbocycles. The van der Waals surface area contributed by atoms with Crippen LogP contribution in [0.15, 0.2) is 41.2 Å². The van der Waals surface area contributed by atoms with Crippen molar-refractivity contribution in [3.8, 4) is 0 Å². The van der Waals surface area contributed by atoms with Crippen molar-refractivity contribution < 1.29 is 4.42 Å². The Bertz CT molecular complexity index is 497. The average Bonchev–Trinajstić information content (AvgIpc) is 2.84. The molecular weight excluding hydrogens is 248 g/mol. The molecule has 4 heteroatoms. The van der Waals surface area contributed by atoms with Crippen LogP contribution in [-0.4, -0.2) is 11.9 Å². The monoisotopic (exact) mass is 264 g/mol. The predicted octanol–water partition coefficient (Wildman–Crippen LogP) is 3.02. The fraction of sp³-hybridized carbons (Fsp3) is 0.286. The summed E-state index contributed by atoms with van der Waals surface area (Å²) in [6.07, 6.45) is 3.45. The van der Waals surface area contributed by atoms with Gasteiger partial charge >= 0.3 is 0 Å². The van der Waals surface area contributed by atoms with Gasteiger partial charge in [-0.25, -0.2) is 0 Å². The third-order valence-corrected chi connectivity index (χ3v) is 3.18. The van der Waals surface area contributed by atoms with Gasteiger partial charge in [0.25, 0.3) is 0 Å². The summed E-state index contributed by atoms with van der Waals surface area (Å²) in [5, 5.41) is 0.775. The van der Waals surface area contributed by atoms with Crippen LogP contribution in [0.4, 0.5) is 0 Å². The van der Waals surface area contributed by atoms with Crippen LogP contribution in [0.5, 0.6) is 0 Å². The predicted molar refractivity (Wildman–Crippen MR) is 73.2 cm³/mol. The molecule has 18 heavy (non-hydrogen) atoms. The number of nitrogens with zero attached hydrogens (tertiary/aromatic N) is 1. The second kappa shape index (κ2) is 6.05. The van der Waals surface area contributed by atoms with Gasteiger partial charge in [-0.05, 0) is 30.3 Å². The first kappa shape index (κ1) is 13.1. The number of halogens is 1. The number of nitrogens with two attached hydrogens (primary N) is 1. The summed E-state index contributed by atoms with van der Waals surface area (Å²) in [6.45, 7) is 2.16. The van der Waals surface area contributed by atoms with Crippen molar-refractivity contribution in [3.05, 3.63) is 58.5 Å². The molecule has 1 heterocycles. The SMILES string of the molecule is CN(Cc1ccoc1)Cc1ccc(CN)cc1Cl. The van der Waals surface area contributed by atoms with Gasteiger partial charge in [0, 0.05) is 30.2 Å². The van der Waals surface area contributed by atoms with Gasteiger partial charge < -0.3 is 10.2 Å². The van der Waals surface area contributed by atoms with Gasteiger partial charge in [-0.1, -0.05) is 23.7 Å². The smallest absolute Gasteiger partial charge is 0.0947 e. The van der Waals surface area contributed by atoms with Crippen molar-refractivity contribution in [2.45, 2.75) is 19.6 Å². The molecule has 3 nitrogen and oxygen atoms in total. The molecule has 2 N–H and O–H groups in total. The fourth-order valence-corrected chi connectivity index (χ4v) is 2.15. The van der Waals surface area contributed by atoms with E-state index in [0.29, 0.717) is 6.54 Å². The lowest BCUT2D eigenvalue weighted by Crippen LogP contribution is -2.17. The van der Waals surface area contributed by atoms with E-state index in [1.165, 1.54) is 0 Å². The van der Waals surface area contributed by atoms with Crippen LogP contribution >= 0.6 is 11.6 Å². The highest BCUT2D eigenvalue weighted by Crippen LogP contribution is 2.20. The van der Waals surface area contributed by atoms with Crippen LogP contribution in [0.3, 0.4) is 0 Å². The summed E-state index contributed by atoms with van der Waals surface area (Å²) in [4.78, 5) is 2.19. The summed E-state index contributed by atoms with van der Waals surface area (Å²) in [5.41, 5.74) is 8.91. The van der Waals surface area contributed by atoms with E-state index in [1.54, 1.807) is 12.5 Å². The first-order valence-corrected chi connectivity index (χ1v) is 6.24. The lowest BCUT2D eigenvalue weighted by Gasteiger charge is -2.17. The van der Waals surface area contributed by atoms with E-state index >= 15 is 0 Å². The zero-order valence-electron chi connectivity index (χ0n) is 10.4. The molecule has 2 aromatic rings. The third-order valence-electron chi connectivity index (χ3n) is 2.83. The summed E-state index contributed by atoms with van der Waals surface area (Å²) in [5.74, 6) is 0. The molecule has 0 aliphatic rings. The minimum atomic E-state index is 0.519. The van der Waals surface area contributed by atoms with Crippen molar-refractivity contribution in [3.63, 3.8) is 0 Å². The Labute approximate surface area is 112 Å². The maximum Gasteiger partial charge on any atom is 0.0947 e. The standard InChI is InChI=1S/C14H17ClN2O/c1-17(8-12-4-5-18-10-12)9-13-3-2-11(7-16)6-14(13)15/h2-6,10H,7-9,16H2,1H3. The number of rotatable bonds is 5. The molecule has 0 saturated heterocycles. The average molecular weight is 265 g/mol. The summed E-state index contributed by atoms with van der Waals surface area (Å²) >= 11 is 6.23. The molecule has 0 aliphatic carbocycles. The van der Waals surface area contributed by atoms with Gasteiger partial charge in [0.15, 0.2) is 0 Å². The number of benzene rings is 1. The maximum atomic E-state index is 6.23. The van der Waals surface area contributed by atoms with Crippen LogP contribution in [0, 0.1) is 0 Å². The van der Waals surface area contributed by atoms with Gasteiger partial charge in [-0.15, -0.1) is 0 Å². The van der Waals surface area contributed by atoms with Gasteiger partial charge in [0.05, 0.1) is 12.5 Å². The Morgan fingerprint density at radius 1 is 1.22 bits per heavy atom. The molecule has 96 valence electrons. The molecule has 0 fully saturated rings. The van der Waals surface area contributed by atoms with Gasteiger partial charge in [-0.3, -0.25) is 4.90 Å². The Hall–Kier alpha value is -1.29. The van der Waals surface area contributed by atoms with E-state index in [-0.39, 0.29) is 0 Å². The minimum absolute atomic E-state index is 0.519. The molecule has 0 spiro atoms. The van der Waals surface area contributed by atoms with Crippen molar-refractivity contribution in [2.24, 2.45) is 5.73 Å². The maximum absolute atomic E-state index is 6.23. The highest BCUT2D eigenvalue weighted by Gasteiger charge is 2.06. The van der Waals surface area contributed by atoms with Crippen LogP contribution < -0.4 is 5.73 Å². The largest absolute Gasteiger partial charge is 0.472 e. The Kier molecular flexibility index (Phi) is 4.42. The number of hydrogen-bond donors (Lipinski definition) is 1. The molecule has 0 unspecified atom stereocenters. The third kappa shape index (κ3) is 3.35. The number of furan rings is 1. The van der Waals surface area contributed by atoms with E-state index in [1.807, 2.05) is 24.3 Å². The minimum Gasteiger partial charge on any atom is -0.472 e. The molecule has 0 radical (unpaired) electrons. The number of hydrogen-bond acceptors (Lipinski definition) is 3. The molecule has 0 amide bonds. The Balaban J connectivity index is 2.00. The van der Waals surface area contributed by atoms with E-state index in [0.717, 1.165) is 34.8 Å². The van der Waals surface area contributed by atoms with Gasteiger partial charge in [0.2, 0.25) is 0 Å². The zero-order valence-corrected chi connectivity index (χ0v) is 11.2. The second-order valence-corrected chi connectivity index (χ2v) is 4.84. The quantitative estimate of drug-likeness (QED) is 0.903. The van der Waals surface area contributed by atoms with Gasteiger partial charge in [0.1, 0.15) is 0 Å². The topological polar surface area (TPSA) is 42.4 Å². The van der Waals surface area contributed by atoms with Crippen LogP contribution in [0.2, 0.25) is 5.02 Å². The van der Waals surface area contributed by atoms with E-state index in [9.17, 15) is 0 Å². The highest BCUT2D eigenvalue weighted by atomic mass is 35.5. The Morgan fingerprint density at radius 3 is 2.67 bits per heavy atom. The summed E-state index contributed by atoms with van der Waals surface area (Å²) < 4.78 is 5.05. The van der Waals surface area contributed by atoms with Crippen molar-refractivity contribution >= 4 is 11.6 Å². The van der Waals surface area contributed by atoms with E-state index in [4.69, 9.17) is 21.8 Å². The first-order valence-electron chi connectivity index (χ1n) is 5.86. The lowest BCUT2D eigenvalue weighted by molar-refractivity contribution is 0.318. The molecule has 1 aromatic carbocycles. The highest BCUT2D eigenvalue weighted by molar-refractivity contribution is 6.31. The molecule has 1 aromatic heterocycles. The normalized spacial score (nSPS) is 11.1. The zero-order chi connectivity index (χ0) is 13.0. The lowest BCUT2D eigenvalue weighted by atomic mass is 10.1. The fourth-order valence-electron chi connectivity index (χ4n) is 1.89. The summed E-state index contributed by atoms with van der Waals surface area (Å²) in [7, 11) is 2.06. The van der Waals surface area contributed by atoms with Crippen LogP contribution in [0.1, 0.15) is 16.7 Å². The van der Waals surface area contributed by atoms with Crippen LogP contribution in [0.25, 0.3) is 0 Å².